The lowest BCUT2D eigenvalue weighted by Crippen LogP contribution is -2.60. The zero-order valence-electron chi connectivity index (χ0n) is 31.8. The van der Waals surface area contributed by atoms with E-state index in [2.05, 4.69) is 166 Å². The molecule has 0 radical (unpaired) electrons. The highest BCUT2D eigenvalue weighted by Crippen LogP contribution is 2.53. The van der Waals surface area contributed by atoms with E-state index >= 15 is 0 Å². The van der Waals surface area contributed by atoms with E-state index < -0.39 is 0 Å². The number of aromatic nitrogens is 1. The van der Waals surface area contributed by atoms with Crippen molar-refractivity contribution in [2.24, 2.45) is 0 Å². The lowest BCUT2D eigenvalue weighted by atomic mass is 9.43. The highest BCUT2D eigenvalue weighted by molar-refractivity contribution is 7.26. The summed E-state index contributed by atoms with van der Waals surface area (Å²) in [5, 5.41) is 7.97. The smallest absolute Gasteiger partial charge is 0.333 e. The summed E-state index contributed by atoms with van der Waals surface area (Å²) in [5.74, 6) is 0. The Morgan fingerprint density at radius 2 is 1.31 bits per heavy atom. The van der Waals surface area contributed by atoms with Gasteiger partial charge in [-0.2, -0.15) is 0 Å². The Bertz CT molecular complexity index is 3160. The summed E-state index contributed by atoms with van der Waals surface area (Å²) in [6.07, 6.45) is 2.40. The second-order valence-corrected chi connectivity index (χ2v) is 18.7. The first-order chi connectivity index (χ1) is 26.1. The quantitative estimate of drug-likeness (QED) is 0.154. The van der Waals surface area contributed by atoms with E-state index in [-0.39, 0.29) is 17.7 Å². The van der Waals surface area contributed by atoms with Gasteiger partial charge >= 0.3 is 6.85 Å². The molecule has 2 aliphatic heterocycles. The van der Waals surface area contributed by atoms with Crippen LogP contribution in [0.2, 0.25) is 0 Å². The Balaban J connectivity index is 1.29. The molecule has 0 saturated carbocycles. The van der Waals surface area contributed by atoms with Crippen LogP contribution < -0.4 is 15.7 Å². The van der Waals surface area contributed by atoms with E-state index in [1.807, 2.05) is 11.3 Å². The van der Waals surface area contributed by atoms with Gasteiger partial charge in [-0.05, 0) is 112 Å². The van der Waals surface area contributed by atoms with E-state index in [9.17, 15) is 0 Å². The lowest BCUT2D eigenvalue weighted by Gasteiger charge is -2.46. The van der Waals surface area contributed by atoms with Gasteiger partial charge in [-0.1, -0.05) is 113 Å². The predicted octanol–water partition coefficient (Wildman–Crippen LogP) is 12.5. The number of benzene rings is 7. The molecule has 0 fully saturated rings. The predicted molar refractivity (Wildman–Crippen MR) is 235 cm³/mol. The summed E-state index contributed by atoms with van der Waals surface area (Å²) in [4.78, 5) is 2.77. The second-order valence-electron chi connectivity index (χ2n) is 17.7. The number of thiophene rings is 1. The van der Waals surface area contributed by atoms with Crippen molar-refractivity contribution in [1.29, 1.82) is 0 Å². The maximum atomic E-state index is 2.77. The average Bonchev–Trinajstić information content (AvgIpc) is 3.72. The summed E-state index contributed by atoms with van der Waals surface area (Å²) in [6.45, 7) is 14.5. The number of hydrogen-bond donors (Lipinski definition) is 0. The number of aryl methyl sites for hydroxylation is 2. The topological polar surface area (TPSA) is 8.17 Å². The van der Waals surface area contributed by atoms with E-state index in [4.69, 9.17) is 0 Å². The number of hydrogen-bond acceptors (Lipinski definition) is 2. The number of anilines is 2. The van der Waals surface area contributed by atoms with Gasteiger partial charge in [0.05, 0.1) is 11.0 Å². The minimum absolute atomic E-state index is 0.00805. The van der Waals surface area contributed by atoms with Gasteiger partial charge in [0.1, 0.15) is 0 Å². The molecule has 9 aromatic rings. The van der Waals surface area contributed by atoms with Crippen LogP contribution in [-0.4, -0.2) is 11.4 Å². The third-order valence-corrected chi connectivity index (χ3v) is 14.7. The van der Waals surface area contributed by atoms with Crippen LogP contribution in [0, 0.1) is 13.8 Å². The summed E-state index contributed by atoms with van der Waals surface area (Å²) in [6, 6.07) is 44.7. The van der Waals surface area contributed by atoms with Crippen LogP contribution in [-0.2, 0) is 10.8 Å². The van der Waals surface area contributed by atoms with Crippen molar-refractivity contribution >= 4 is 93.2 Å². The van der Waals surface area contributed by atoms with Crippen molar-refractivity contribution in [3.05, 3.63) is 138 Å². The number of nitrogens with zero attached hydrogens (tertiary/aromatic N) is 2. The summed E-state index contributed by atoms with van der Waals surface area (Å²) < 4.78 is 5.34. The highest BCUT2D eigenvalue weighted by Gasteiger charge is 2.46. The van der Waals surface area contributed by atoms with Gasteiger partial charge in [-0.3, -0.25) is 0 Å². The van der Waals surface area contributed by atoms with Crippen molar-refractivity contribution in [3.8, 4) is 16.8 Å². The van der Waals surface area contributed by atoms with E-state index in [1.165, 1.54) is 127 Å². The Morgan fingerprint density at radius 1 is 0.593 bits per heavy atom. The molecule has 0 N–H and O–H groups in total. The monoisotopic (exact) mass is 712 g/mol. The molecule has 0 unspecified atom stereocenters. The zero-order valence-corrected chi connectivity index (χ0v) is 32.6. The first kappa shape index (κ1) is 31.1. The standard InChI is InChI=1S/C50H41BN2S/c1-28-24-35-44-39(20-21-43-45(44)34-14-9-10-17-42(34)54-43)53(40-27-37-36(26-29(40)2)49(3,4)22-23-50(37,5)6)51-38-16-11-15-32-33-19-18-30-12-7-8-13-31(30)47(33)52(48(32)38)41(25-28)46(35)51/h7-21,24-27H,22-23H2,1-6H3. The molecular weight excluding hydrogens is 671 g/mol. The van der Waals surface area contributed by atoms with Crippen LogP contribution in [0.25, 0.3) is 69.6 Å². The first-order valence-electron chi connectivity index (χ1n) is 19.6. The number of rotatable bonds is 1. The van der Waals surface area contributed by atoms with Crippen LogP contribution in [0.5, 0.6) is 0 Å². The highest BCUT2D eigenvalue weighted by atomic mass is 32.1. The number of para-hydroxylation sites is 1. The van der Waals surface area contributed by atoms with Crippen molar-refractivity contribution < 1.29 is 0 Å². The molecule has 0 saturated heterocycles. The Morgan fingerprint density at radius 3 is 2.15 bits per heavy atom. The van der Waals surface area contributed by atoms with Crippen LogP contribution in [0.4, 0.5) is 11.4 Å². The Hall–Kier alpha value is -5.32. The van der Waals surface area contributed by atoms with Gasteiger partial charge in [0.25, 0.3) is 0 Å². The molecule has 54 heavy (non-hydrogen) atoms. The summed E-state index contributed by atoms with van der Waals surface area (Å²) >= 11 is 1.92. The molecule has 4 heterocycles. The molecule has 7 aromatic carbocycles. The minimum Gasteiger partial charge on any atom is -0.376 e. The maximum absolute atomic E-state index is 2.77. The molecule has 2 aromatic heterocycles. The molecule has 0 bridgehead atoms. The summed E-state index contributed by atoms with van der Waals surface area (Å²) in [7, 11) is 0. The lowest BCUT2D eigenvalue weighted by molar-refractivity contribution is 0.332. The molecule has 12 rings (SSSR count). The molecule has 1 aliphatic carbocycles. The Kier molecular flexibility index (Phi) is 5.90. The van der Waals surface area contributed by atoms with Gasteiger partial charge in [-0.15, -0.1) is 11.3 Å². The zero-order chi connectivity index (χ0) is 36.4. The second kappa shape index (κ2) is 10.3. The molecule has 2 nitrogen and oxygen atoms in total. The molecule has 3 aliphatic rings. The average molecular weight is 713 g/mol. The van der Waals surface area contributed by atoms with Crippen molar-refractivity contribution in [3.63, 3.8) is 0 Å². The van der Waals surface area contributed by atoms with Gasteiger partial charge in [0.15, 0.2) is 0 Å². The van der Waals surface area contributed by atoms with Crippen molar-refractivity contribution in [2.45, 2.75) is 65.2 Å². The van der Waals surface area contributed by atoms with E-state index in [0.29, 0.717) is 0 Å². The van der Waals surface area contributed by atoms with Crippen LogP contribution in [0.3, 0.4) is 0 Å². The third kappa shape index (κ3) is 3.82. The summed E-state index contributed by atoms with van der Waals surface area (Å²) in [5.41, 5.74) is 18.0. The van der Waals surface area contributed by atoms with E-state index in [1.54, 1.807) is 0 Å². The Labute approximate surface area is 320 Å². The molecule has 0 atom stereocenters. The van der Waals surface area contributed by atoms with E-state index in [0.717, 1.165) is 0 Å². The SMILES string of the molecule is Cc1cc2c3c(c1)-n1c4c(cccc4c4ccc5ccccc5c41)B3N(c1cc3c(cc1C)C(C)(C)CCC3(C)C)c1ccc3sc4ccccc4c3c1-2. The fourth-order valence-electron chi connectivity index (χ4n) is 10.9. The van der Waals surface area contributed by atoms with Gasteiger partial charge in [0, 0.05) is 59.0 Å². The van der Waals surface area contributed by atoms with Gasteiger partial charge < -0.3 is 9.38 Å². The molecule has 260 valence electrons. The minimum atomic E-state index is 0.00805. The van der Waals surface area contributed by atoms with Crippen LogP contribution in [0.1, 0.15) is 62.8 Å². The third-order valence-electron chi connectivity index (χ3n) is 13.6. The van der Waals surface area contributed by atoms with Crippen LogP contribution >= 0.6 is 11.3 Å². The molecule has 0 spiro atoms. The molecule has 0 amide bonds. The van der Waals surface area contributed by atoms with Crippen molar-refractivity contribution in [2.75, 3.05) is 4.81 Å². The van der Waals surface area contributed by atoms with Crippen molar-refractivity contribution in [1.82, 2.24) is 4.57 Å². The first-order valence-corrected chi connectivity index (χ1v) is 20.4. The fourth-order valence-corrected chi connectivity index (χ4v) is 12.0. The normalized spacial score (nSPS) is 16.4. The van der Waals surface area contributed by atoms with Gasteiger partial charge in [0.2, 0.25) is 0 Å². The maximum Gasteiger partial charge on any atom is 0.333 e. The van der Waals surface area contributed by atoms with Crippen LogP contribution in [0.15, 0.2) is 115 Å². The largest absolute Gasteiger partial charge is 0.376 e. The molecular formula is C50H41BN2S. The number of fused-ring (bicyclic) bond motifs is 14. The van der Waals surface area contributed by atoms with Gasteiger partial charge in [-0.25, -0.2) is 0 Å². The fraction of sp³-hybridized carbons (Fsp3) is 0.200. The molecule has 4 heteroatoms.